The summed E-state index contributed by atoms with van der Waals surface area (Å²) in [5, 5.41) is 11.8. The first-order valence-corrected chi connectivity index (χ1v) is 18.1. The van der Waals surface area contributed by atoms with Gasteiger partial charge in [0, 0.05) is 17.4 Å². The number of ketones is 1. The third kappa shape index (κ3) is 5.21. The molecule has 0 aromatic heterocycles. The number of ether oxygens (including phenoxy) is 2. The molecular weight excluding hydrogens is 572 g/mol. The minimum absolute atomic E-state index is 0.0712. The summed E-state index contributed by atoms with van der Waals surface area (Å²) in [6, 6.07) is 6.83. The van der Waals surface area contributed by atoms with E-state index in [2.05, 4.69) is 40.7 Å². The van der Waals surface area contributed by atoms with E-state index in [0.29, 0.717) is 22.1 Å². The Bertz CT molecular complexity index is 1600. The maximum Gasteiger partial charge on any atom is 0.514 e. The van der Waals surface area contributed by atoms with Crippen LogP contribution >= 0.6 is 0 Å². The van der Waals surface area contributed by atoms with Crippen LogP contribution in [0.15, 0.2) is 42.0 Å². The molecule has 2 aromatic rings. The van der Waals surface area contributed by atoms with E-state index in [1.807, 2.05) is 0 Å². The van der Waals surface area contributed by atoms with E-state index >= 15 is 0 Å². The fourth-order valence-electron chi connectivity index (χ4n) is 11.2. The minimum atomic E-state index is -0.710. The van der Waals surface area contributed by atoms with Crippen LogP contribution in [0.4, 0.5) is 4.79 Å². The van der Waals surface area contributed by atoms with Gasteiger partial charge in [0.05, 0.1) is 5.56 Å². The van der Waals surface area contributed by atoms with Gasteiger partial charge >= 0.3 is 6.16 Å². The summed E-state index contributed by atoms with van der Waals surface area (Å²) in [5.41, 5.74) is 3.01. The summed E-state index contributed by atoms with van der Waals surface area (Å²) < 4.78 is 11.7. The summed E-state index contributed by atoms with van der Waals surface area (Å²) in [6.07, 6.45) is 18.1. The third-order valence-corrected chi connectivity index (χ3v) is 13.5. The van der Waals surface area contributed by atoms with Crippen LogP contribution in [0, 0.1) is 46.3 Å². The van der Waals surface area contributed by atoms with Crippen LogP contribution in [0.5, 0.6) is 11.5 Å². The van der Waals surface area contributed by atoms with Crippen LogP contribution < -0.4 is 4.74 Å². The molecule has 246 valence electrons. The number of carbonyl (C=O) groups is 2. The monoisotopic (exact) mass is 624 g/mol. The van der Waals surface area contributed by atoms with Gasteiger partial charge in [-0.25, -0.2) is 4.79 Å². The predicted molar refractivity (Wildman–Crippen MR) is 183 cm³/mol. The molecule has 0 heterocycles. The highest BCUT2D eigenvalue weighted by Gasteiger charge is 2.59. The highest BCUT2D eigenvalue weighted by molar-refractivity contribution is 6.22. The van der Waals surface area contributed by atoms with Crippen molar-refractivity contribution in [3.05, 3.63) is 53.1 Å². The highest BCUT2D eigenvalue weighted by Crippen LogP contribution is 2.67. The molecule has 0 spiro atoms. The van der Waals surface area contributed by atoms with Crippen LogP contribution in [0.1, 0.15) is 121 Å². The second-order valence-electron chi connectivity index (χ2n) is 16.4. The number of carbonyl (C=O) groups excluding carboxylic acids is 2. The molecule has 0 bridgehead atoms. The molecule has 5 aliphatic carbocycles. The molecule has 0 saturated heterocycles. The largest absolute Gasteiger partial charge is 0.514 e. The number of allylic oxidation sites excluding steroid dienone is 2. The number of benzene rings is 2. The molecule has 5 heteroatoms. The molecule has 46 heavy (non-hydrogen) atoms. The minimum Gasteiger partial charge on any atom is -0.507 e. The Morgan fingerprint density at radius 1 is 0.978 bits per heavy atom. The Hall–Kier alpha value is -3.08. The number of phenols is 1. The van der Waals surface area contributed by atoms with Gasteiger partial charge in [-0.2, -0.15) is 0 Å². The lowest BCUT2D eigenvalue weighted by atomic mass is 9.47. The predicted octanol–water partition coefficient (Wildman–Crippen LogP) is 10.7. The number of hydrogen-bond acceptors (Lipinski definition) is 5. The standard InChI is InChI=1S/C41H52O5/c1-24(2)7-6-8-25(3)31-14-15-32-29-12-11-27-23-28(19-21-40(27,4)33(29)20-22-41(31,32)5)45-39(44)46-36-18-10-26-9-16-34(42)38-35(43)17-13-30(36)37(26)38/h9-11,13,16-18,24-25,28-29,31-33,42H,6-8,12,14-15,19-23H2,1-5H3. The van der Waals surface area contributed by atoms with E-state index in [1.54, 1.807) is 24.3 Å². The van der Waals surface area contributed by atoms with Crippen molar-refractivity contribution in [2.45, 2.75) is 111 Å². The number of phenolic OH excluding ortho intramolecular Hbond substituents is 1. The highest BCUT2D eigenvalue weighted by atomic mass is 16.7. The summed E-state index contributed by atoms with van der Waals surface area (Å²) in [4.78, 5) is 25.6. The van der Waals surface area contributed by atoms with Crippen molar-refractivity contribution in [2.24, 2.45) is 46.3 Å². The Labute approximate surface area is 274 Å². The van der Waals surface area contributed by atoms with Crippen molar-refractivity contribution >= 4 is 28.8 Å². The molecule has 8 unspecified atom stereocenters. The molecular formula is C41H52O5. The molecule has 3 fully saturated rings. The van der Waals surface area contributed by atoms with Crippen LogP contribution in [0.2, 0.25) is 0 Å². The first kappa shape index (κ1) is 31.5. The summed E-state index contributed by atoms with van der Waals surface area (Å²) >= 11 is 0. The average molecular weight is 625 g/mol. The van der Waals surface area contributed by atoms with Crippen molar-refractivity contribution in [1.82, 2.24) is 0 Å². The Balaban J connectivity index is 1.02. The fourth-order valence-corrected chi connectivity index (χ4v) is 11.2. The van der Waals surface area contributed by atoms with Crippen LogP contribution in [-0.4, -0.2) is 23.1 Å². The van der Waals surface area contributed by atoms with Crippen molar-refractivity contribution in [3.8, 4) is 11.5 Å². The quantitative estimate of drug-likeness (QED) is 0.188. The molecule has 5 aliphatic rings. The maximum atomic E-state index is 13.1. The van der Waals surface area contributed by atoms with E-state index in [1.165, 1.54) is 69.1 Å². The Morgan fingerprint density at radius 2 is 1.78 bits per heavy atom. The van der Waals surface area contributed by atoms with E-state index in [0.717, 1.165) is 60.2 Å². The van der Waals surface area contributed by atoms with E-state index in [9.17, 15) is 14.7 Å². The van der Waals surface area contributed by atoms with Crippen LogP contribution in [0.25, 0.3) is 16.8 Å². The fraction of sp³-hybridized carbons (Fsp3) is 0.610. The van der Waals surface area contributed by atoms with Gasteiger partial charge in [0.15, 0.2) is 5.78 Å². The van der Waals surface area contributed by atoms with Gasteiger partial charge in [-0.05, 0) is 121 Å². The molecule has 8 atom stereocenters. The van der Waals surface area contributed by atoms with Crippen molar-refractivity contribution in [2.75, 3.05) is 0 Å². The zero-order valence-corrected chi connectivity index (χ0v) is 28.4. The lowest BCUT2D eigenvalue weighted by molar-refractivity contribution is -0.0597. The summed E-state index contributed by atoms with van der Waals surface area (Å²) in [6.45, 7) is 12.4. The van der Waals surface area contributed by atoms with Gasteiger partial charge in [-0.15, -0.1) is 0 Å². The van der Waals surface area contributed by atoms with Gasteiger partial charge in [0.25, 0.3) is 0 Å². The number of rotatable bonds is 7. The van der Waals surface area contributed by atoms with Crippen molar-refractivity contribution < 1.29 is 24.2 Å². The van der Waals surface area contributed by atoms with Gasteiger partial charge in [0.1, 0.15) is 17.6 Å². The SMILES string of the molecule is CC(C)CCCC(C)C1CCC2C3CC=C4CC(OC(=O)Oc5ccc6ccc(O)c7c6c5C=CC7=O)CCC4(C)C3CCC12C. The van der Waals surface area contributed by atoms with Gasteiger partial charge in [-0.1, -0.05) is 77.7 Å². The smallest absolute Gasteiger partial charge is 0.507 e. The number of aromatic hydroxyl groups is 1. The van der Waals surface area contributed by atoms with E-state index in [4.69, 9.17) is 9.47 Å². The molecule has 0 aliphatic heterocycles. The second kappa shape index (κ2) is 11.9. The summed E-state index contributed by atoms with van der Waals surface area (Å²) in [7, 11) is 0. The topological polar surface area (TPSA) is 72.8 Å². The summed E-state index contributed by atoms with van der Waals surface area (Å²) in [5.74, 6) is 4.82. The lowest BCUT2D eigenvalue weighted by Crippen LogP contribution is -2.51. The molecule has 3 saturated carbocycles. The first-order chi connectivity index (χ1) is 22.0. The zero-order chi connectivity index (χ0) is 32.4. The molecule has 0 radical (unpaired) electrons. The second-order valence-corrected chi connectivity index (χ2v) is 16.4. The van der Waals surface area contributed by atoms with E-state index < -0.39 is 6.16 Å². The molecule has 1 N–H and O–H groups in total. The molecule has 0 amide bonds. The average Bonchev–Trinajstić information content (AvgIpc) is 3.37. The van der Waals surface area contributed by atoms with Gasteiger partial charge < -0.3 is 14.6 Å². The zero-order valence-electron chi connectivity index (χ0n) is 28.4. The first-order valence-electron chi connectivity index (χ1n) is 18.1. The normalized spacial score (nSPS) is 33.7. The third-order valence-electron chi connectivity index (χ3n) is 13.5. The number of hydrogen-bond donors (Lipinski definition) is 1. The Kier molecular flexibility index (Phi) is 8.13. The van der Waals surface area contributed by atoms with Crippen molar-refractivity contribution in [3.63, 3.8) is 0 Å². The molecule has 7 rings (SSSR count). The van der Waals surface area contributed by atoms with E-state index in [-0.39, 0.29) is 28.6 Å². The molecule has 5 nitrogen and oxygen atoms in total. The van der Waals surface area contributed by atoms with Gasteiger partial charge in [-0.3, -0.25) is 4.79 Å². The lowest BCUT2D eigenvalue weighted by Gasteiger charge is -2.58. The van der Waals surface area contributed by atoms with Crippen LogP contribution in [-0.2, 0) is 4.74 Å². The van der Waals surface area contributed by atoms with Crippen LogP contribution in [0.3, 0.4) is 0 Å². The number of fused-ring (bicyclic) bond motifs is 5. The van der Waals surface area contributed by atoms with Crippen molar-refractivity contribution in [1.29, 1.82) is 0 Å². The maximum absolute atomic E-state index is 13.1. The Morgan fingerprint density at radius 3 is 2.59 bits per heavy atom. The molecule has 2 aromatic carbocycles. The van der Waals surface area contributed by atoms with Gasteiger partial charge in [0.2, 0.25) is 0 Å².